The fourth-order valence-electron chi connectivity index (χ4n) is 4.99. The number of methoxy groups -OCH3 is 1. The number of carbonyl (C=O) groups is 1. The zero-order chi connectivity index (χ0) is 22.7. The van der Waals surface area contributed by atoms with Crippen molar-refractivity contribution in [2.75, 3.05) is 13.7 Å². The average molecular weight is 460 g/mol. The summed E-state index contributed by atoms with van der Waals surface area (Å²) in [6.45, 7) is 0.656. The lowest BCUT2D eigenvalue weighted by Crippen LogP contribution is -2.36. The second kappa shape index (κ2) is 9.67. The van der Waals surface area contributed by atoms with Crippen molar-refractivity contribution in [3.8, 4) is 5.75 Å². The fourth-order valence-corrected chi connectivity index (χ4v) is 6.49. The summed E-state index contributed by atoms with van der Waals surface area (Å²) in [5.41, 5.74) is 1.48. The van der Waals surface area contributed by atoms with Gasteiger partial charge in [0.05, 0.1) is 13.2 Å². The molecule has 1 N–H and O–H groups in total. The van der Waals surface area contributed by atoms with E-state index in [2.05, 4.69) is 15.4 Å². The van der Waals surface area contributed by atoms with Crippen molar-refractivity contribution >= 4 is 15.9 Å². The van der Waals surface area contributed by atoms with Crippen LogP contribution in [0.2, 0.25) is 0 Å². The van der Waals surface area contributed by atoms with Crippen LogP contribution in [0.1, 0.15) is 73.5 Å². The lowest BCUT2D eigenvalue weighted by atomic mass is 10.1. The predicted octanol–water partition coefficient (Wildman–Crippen LogP) is 4.01. The summed E-state index contributed by atoms with van der Waals surface area (Å²) in [6, 6.07) is 8.71. The van der Waals surface area contributed by atoms with Gasteiger partial charge >= 0.3 is 0 Å². The van der Waals surface area contributed by atoms with Crippen molar-refractivity contribution in [3.63, 3.8) is 0 Å². The molecule has 2 fully saturated rings. The number of benzene rings is 1. The Morgan fingerprint density at radius 3 is 2.50 bits per heavy atom. The smallest absolute Gasteiger partial charge is 0.254 e. The first-order valence-corrected chi connectivity index (χ1v) is 13.0. The number of ether oxygens (including phenoxy) is 1. The third-order valence-corrected chi connectivity index (χ3v) is 8.26. The molecular weight excluding hydrogens is 426 g/mol. The molecule has 32 heavy (non-hydrogen) atoms. The van der Waals surface area contributed by atoms with Gasteiger partial charge in [0.25, 0.3) is 5.91 Å². The van der Waals surface area contributed by atoms with E-state index in [9.17, 15) is 13.2 Å². The first kappa shape index (κ1) is 22.9. The number of aromatic nitrogens is 1. The molecule has 4 rings (SSSR count). The fraction of sp³-hybridized carbons (Fsp3) is 0.542. The predicted molar refractivity (Wildman–Crippen MR) is 123 cm³/mol. The Labute approximate surface area is 190 Å². The Bertz CT molecular complexity index is 1060. The highest BCUT2D eigenvalue weighted by molar-refractivity contribution is 7.89. The highest BCUT2D eigenvalue weighted by Crippen LogP contribution is 2.33. The Morgan fingerprint density at radius 1 is 1.06 bits per heavy atom. The van der Waals surface area contributed by atoms with Crippen LogP contribution in [0.5, 0.6) is 5.75 Å². The number of likely N-dealkylation sites (tertiary alicyclic amines) is 1. The van der Waals surface area contributed by atoms with Gasteiger partial charge in [0, 0.05) is 37.1 Å². The van der Waals surface area contributed by atoms with Gasteiger partial charge in [-0.05, 0) is 56.0 Å². The third-order valence-electron chi connectivity index (χ3n) is 6.72. The molecule has 1 saturated carbocycles. The lowest BCUT2D eigenvalue weighted by Gasteiger charge is -2.31. The number of amides is 1. The molecule has 0 bridgehead atoms. The highest BCUT2D eigenvalue weighted by atomic mass is 32.2. The van der Waals surface area contributed by atoms with Gasteiger partial charge in [0.1, 0.15) is 10.6 Å². The second-order valence-electron chi connectivity index (χ2n) is 8.88. The number of nitrogens with zero attached hydrogens (tertiary/aromatic N) is 2. The van der Waals surface area contributed by atoms with Gasteiger partial charge in [-0.25, -0.2) is 13.1 Å². The summed E-state index contributed by atoms with van der Waals surface area (Å²) < 4.78 is 36.5. The Kier molecular flexibility index (Phi) is 6.90. The zero-order valence-corrected chi connectivity index (χ0v) is 19.7. The molecule has 2 heterocycles. The maximum absolute atomic E-state index is 13.7. The monoisotopic (exact) mass is 459 g/mol. The molecule has 1 aromatic heterocycles. The van der Waals surface area contributed by atoms with Crippen LogP contribution < -0.4 is 9.46 Å². The van der Waals surface area contributed by atoms with Crippen LogP contribution in [0.4, 0.5) is 0 Å². The van der Waals surface area contributed by atoms with Crippen molar-refractivity contribution in [3.05, 3.63) is 47.8 Å². The summed E-state index contributed by atoms with van der Waals surface area (Å²) in [4.78, 5) is 15.6. The van der Waals surface area contributed by atoms with Crippen LogP contribution in [0.15, 0.2) is 41.4 Å². The van der Waals surface area contributed by atoms with E-state index in [1.54, 1.807) is 12.1 Å². The summed E-state index contributed by atoms with van der Waals surface area (Å²) >= 11 is 0. The molecule has 0 radical (unpaired) electrons. The molecule has 2 aromatic rings. The number of nitrogens with one attached hydrogen (secondary N) is 1. The van der Waals surface area contributed by atoms with E-state index in [1.807, 2.05) is 24.2 Å². The first-order chi connectivity index (χ1) is 15.4. The molecule has 7 nitrogen and oxygen atoms in total. The number of aryl methyl sites for hydroxylation is 1. The van der Waals surface area contributed by atoms with Crippen LogP contribution in [-0.2, 0) is 17.1 Å². The quantitative estimate of drug-likeness (QED) is 0.708. The van der Waals surface area contributed by atoms with Crippen LogP contribution in [0.3, 0.4) is 0 Å². The van der Waals surface area contributed by atoms with Gasteiger partial charge in [-0.1, -0.05) is 25.7 Å². The average Bonchev–Trinajstić information content (AvgIpc) is 3.38. The van der Waals surface area contributed by atoms with Gasteiger partial charge in [-0.15, -0.1) is 0 Å². The molecule has 1 aliphatic heterocycles. The normalized spacial score (nSPS) is 20.3. The van der Waals surface area contributed by atoms with Crippen LogP contribution in [0, 0.1) is 0 Å². The standard InChI is InChI=1S/C24H33N3O4S/c1-26-15-8-12-20(26)21-11-4-3-7-16-27(21)24(28)18-13-14-22(31-2)23(17-18)32(29,30)25-19-9-5-6-10-19/h8,12-15,17,19,21,25H,3-7,9-11,16H2,1-2H3/t21-/m1/s1. The SMILES string of the molecule is COc1ccc(C(=O)N2CCCCC[C@@H]2c2cccn2C)cc1S(=O)(=O)NC1CCCC1. The number of carbonyl (C=O) groups excluding carboxylic acids is 1. The Morgan fingerprint density at radius 2 is 1.81 bits per heavy atom. The molecule has 1 aromatic carbocycles. The van der Waals surface area contributed by atoms with Crippen molar-refractivity contribution in [1.82, 2.24) is 14.2 Å². The second-order valence-corrected chi connectivity index (χ2v) is 10.6. The minimum atomic E-state index is -3.79. The first-order valence-electron chi connectivity index (χ1n) is 11.5. The van der Waals surface area contributed by atoms with Crippen LogP contribution in [-0.4, -0.2) is 43.5 Å². The van der Waals surface area contributed by atoms with E-state index in [1.165, 1.54) is 13.2 Å². The molecule has 0 unspecified atom stereocenters. The van der Waals surface area contributed by atoms with Crippen LogP contribution >= 0.6 is 0 Å². The number of hydrogen-bond donors (Lipinski definition) is 1. The Balaban J connectivity index is 1.66. The molecular formula is C24H33N3O4S. The van der Waals surface area contributed by atoms with Crippen molar-refractivity contribution in [1.29, 1.82) is 0 Å². The summed E-state index contributed by atoms with van der Waals surface area (Å²) in [5, 5.41) is 0. The molecule has 1 aliphatic carbocycles. The van der Waals surface area contributed by atoms with Gasteiger partial charge < -0.3 is 14.2 Å². The van der Waals surface area contributed by atoms with E-state index in [4.69, 9.17) is 4.74 Å². The van der Waals surface area contributed by atoms with Crippen LogP contribution in [0.25, 0.3) is 0 Å². The maximum Gasteiger partial charge on any atom is 0.254 e. The minimum Gasteiger partial charge on any atom is -0.495 e. The number of sulfonamides is 1. The summed E-state index contributed by atoms with van der Waals surface area (Å²) in [5.74, 6) is 0.111. The molecule has 1 saturated heterocycles. The van der Waals surface area contributed by atoms with Gasteiger partial charge in [0.2, 0.25) is 10.0 Å². The molecule has 174 valence electrons. The van der Waals surface area contributed by atoms with Crippen molar-refractivity contribution in [2.45, 2.75) is 68.3 Å². The van der Waals surface area contributed by atoms with E-state index in [0.717, 1.165) is 57.1 Å². The van der Waals surface area contributed by atoms with Gasteiger partial charge in [-0.2, -0.15) is 0 Å². The summed E-state index contributed by atoms with van der Waals surface area (Å²) in [6.07, 6.45) is 9.71. The maximum atomic E-state index is 13.7. The topological polar surface area (TPSA) is 80.6 Å². The van der Waals surface area contributed by atoms with E-state index < -0.39 is 10.0 Å². The highest BCUT2D eigenvalue weighted by Gasteiger charge is 2.31. The van der Waals surface area contributed by atoms with Crippen molar-refractivity contribution in [2.24, 2.45) is 7.05 Å². The third kappa shape index (κ3) is 4.71. The van der Waals surface area contributed by atoms with E-state index >= 15 is 0 Å². The molecule has 1 atom stereocenters. The molecule has 2 aliphatic rings. The van der Waals surface area contributed by atoms with E-state index in [-0.39, 0.29) is 28.6 Å². The number of rotatable bonds is 6. The molecule has 8 heteroatoms. The van der Waals surface area contributed by atoms with Gasteiger partial charge in [-0.3, -0.25) is 4.79 Å². The van der Waals surface area contributed by atoms with Gasteiger partial charge in [0.15, 0.2) is 0 Å². The molecule has 0 spiro atoms. The summed E-state index contributed by atoms with van der Waals surface area (Å²) in [7, 11) is -0.348. The Hall–Kier alpha value is -2.32. The largest absolute Gasteiger partial charge is 0.495 e. The lowest BCUT2D eigenvalue weighted by molar-refractivity contribution is 0.0674. The molecule has 1 amide bonds. The van der Waals surface area contributed by atoms with E-state index in [0.29, 0.717) is 12.1 Å². The number of hydrogen-bond acceptors (Lipinski definition) is 4. The van der Waals surface area contributed by atoms with Crippen molar-refractivity contribution < 1.29 is 17.9 Å². The minimum absolute atomic E-state index is 0.0243. The zero-order valence-electron chi connectivity index (χ0n) is 18.9.